The number of hydrogen-bond acceptors (Lipinski definition) is 5. The van der Waals surface area contributed by atoms with Crippen molar-refractivity contribution < 1.29 is 32.6 Å². The van der Waals surface area contributed by atoms with Gasteiger partial charge in [-0.2, -0.15) is 18.4 Å². The molecule has 0 aliphatic carbocycles. The highest BCUT2D eigenvalue weighted by molar-refractivity contribution is 5.94. The van der Waals surface area contributed by atoms with Crippen LogP contribution in [0.2, 0.25) is 0 Å². The second-order valence-electron chi connectivity index (χ2n) is 6.98. The number of nitriles is 1. The number of halogens is 3. The molecule has 2 aliphatic heterocycles. The molecule has 2 fully saturated rings. The van der Waals surface area contributed by atoms with E-state index >= 15 is 0 Å². The Labute approximate surface area is 181 Å². The average Bonchev–Trinajstić information content (AvgIpc) is 3.11. The molecule has 11 heteroatoms. The molecule has 2 saturated heterocycles. The minimum Gasteiger partial charge on any atom is -0.475 e. The molecule has 0 saturated carbocycles. The topological polar surface area (TPSA) is 106 Å². The van der Waals surface area contributed by atoms with Gasteiger partial charge in [0.1, 0.15) is 11.5 Å². The lowest BCUT2D eigenvalue weighted by molar-refractivity contribution is -0.192. The fourth-order valence-electron chi connectivity index (χ4n) is 3.26. The van der Waals surface area contributed by atoms with Crippen molar-refractivity contribution in [3.8, 4) is 17.6 Å². The predicted molar refractivity (Wildman–Crippen MR) is 107 cm³/mol. The lowest BCUT2D eigenvalue weighted by atomic mass is 10.2. The van der Waals surface area contributed by atoms with Crippen LogP contribution in [-0.2, 0) is 4.79 Å². The van der Waals surface area contributed by atoms with Crippen LogP contribution in [-0.4, -0.2) is 60.4 Å². The van der Waals surface area contributed by atoms with Gasteiger partial charge in [0.05, 0.1) is 17.7 Å². The molecular weight excluding hydrogens is 429 g/mol. The van der Waals surface area contributed by atoms with Crippen LogP contribution in [0.15, 0.2) is 48.5 Å². The Balaban J connectivity index is 0.000000360. The molecule has 168 valence electrons. The van der Waals surface area contributed by atoms with Crippen LogP contribution in [0.1, 0.15) is 5.56 Å². The van der Waals surface area contributed by atoms with Crippen molar-refractivity contribution in [2.24, 2.45) is 0 Å². The number of urea groups is 1. The van der Waals surface area contributed by atoms with Gasteiger partial charge < -0.3 is 20.1 Å². The molecule has 0 bridgehead atoms. The fraction of sp³-hybridized carbons (Fsp3) is 0.286. The zero-order valence-electron chi connectivity index (χ0n) is 16.7. The van der Waals surface area contributed by atoms with Gasteiger partial charge in [-0.15, -0.1) is 0 Å². The molecule has 1 atom stereocenters. The number of carboxylic acids is 1. The summed E-state index contributed by atoms with van der Waals surface area (Å²) in [4.78, 5) is 25.2. The molecule has 2 aromatic carbocycles. The van der Waals surface area contributed by atoms with Crippen LogP contribution < -0.4 is 15.0 Å². The van der Waals surface area contributed by atoms with Gasteiger partial charge >= 0.3 is 18.2 Å². The van der Waals surface area contributed by atoms with Gasteiger partial charge in [-0.05, 0) is 48.5 Å². The normalized spacial score (nSPS) is 17.7. The van der Waals surface area contributed by atoms with Crippen molar-refractivity contribution in [2.45, 2.75) is 12.2 Å². The summed E-state index contributed by atoms with van der Waals surface area (Å²) in [6.45, 7) is 3.18. The van der Waals surface area contributed by atoms with Crippen LogP contribution in [0, 0.1) is 11.3 Å². The summed E-state index contributed by atoms with van der Waals surface area (Å²) >= 11 is 0. The quantitative estimate of drug-likeness (QED) is 0.747. The number of alkyl halides is 3. The monoisotopic (exact) mass is 448 g/mol. The SMILES string of the molecule is N#Cc1ccc(Oc2ccc(N3C[C@@H]4CNCCN4C3=O)cc2)cc1.O=C(O)C(F)(F)F. The highest BCUT2D eigenvalue weighted by Crippen LogP contribution is 2.28. The highest BCUT2D eigenvalue weighted by atomic mass is 19.4. The van der Waals surface area contributed by atoms with Crippen LogP contribution in [0.25, 0.3) is 0 Å². The van der Waals surface area contributed by atoms with Crippen molar-refractivity contribution in [1.82, 2.24) is 10.2 Å². The number of hydrogen-bond donors (Lipinski definition) is 2. The number of anilines is 1. The van der Waals surface area contributed by atoms with Gasteiger partial charge in [-0.1, -0.05) is 0 Å². The molecule has 2 aromatic rings. The van der Waals surface area contributed by atoms with E-state index < -0.39 is 12.1 Å². The van der Waals surface area contributed by atoms with E-state index in [0.29, 0.717) is 23.6 Å². The number of carboxylic acid groups (broad SMARTS) is 1. The molecule has 4 rings (SSSR count). The van der Waals surface area contributed by atoms with E-state index in [1.807, 2.05) is 34.1 Å². The largest absolute Gasteiger partial charge is 0.490 e. The second kappa shape index (κ2) is 9.57. The number of nitrogens with zero attached hydrogens (tertiary/aromatic N) is 3. The van der Waals surface area contributed by atoms with Gasteiger partial charge in [-0.25, -0.2) is 9.59 Å². The number of aliphatic carboxylic acids is 1. The molecular formula is C21H19F3N4O4. The predicted octanol–water partition coefficient (Wildman–Crippen LogP) is 3.20. The Bertz CT molecular complexity index is 1000. The summed E-state index contributed by atoms with van der Waals surface area (Å²) in [5.41, 5.74) is 1.48. The number of ether oxygens (including phenoxy) is 1. The number of carbonyl (C=O) groups is 2. The van der Waals surface area contributed by atoms with Crippen LogP contribution in [0.3, 0.4) is 0 Å². The molecule has 2 heterocycles. The van der Waals surface area contributed by atoms with Gasteiger partial charge in [0.15, 0.2) is 0 Å². The van der Waals surface area contributed by atoms with Crippen LogP contribution >= 0.6 is 0 Å². The molecule has 2 N–H and O–H groups in total. The van der Waals surface area contributed by atoms with Gasteiger partial charge in [-0.3, -0.25) is 4.90 Å². The first-order valence-electron chi connectivity index (χ1n) is 9.56. The van der Waals surface area contributed by atoms with Gasteiger partial charge in [0.2, 0.25) is 0 Å². The van der Waals surface area contributed by atoms with Crippen molar-refractivity contribution in [3.63, 3.8) is 0 Å². The first-order valence-corrected chi connectivity index (χ1v) is 9.56. The number of fused-ring (bicyclic) bond motifs is 1. The minimum absolute atomic E-state index is 0.0762. The standard InChI is InChI=1S/C19H18N4O2.C2HF3O2/c20-11-14-1-5-17(6-2-14)25-18-7-3-15(4-8-18)23-13-16-12-21-9-10-22(16)19(23)24;3-2(4,5)1(6)7/h1-8,16,21H,9-10,12-13H2;(H,6,7)/t16-;/m0./s1. The number of amides is 2. The molecule has 0 spiro atoms. The summed E-state index contributed by atoms with van der Waals surface area (Å²) in [5, 5.41) is 19.3. The summed E-state index contributed by atoms with van der Waals surface area (Å²) in [7, 11) is 0. The summed E-state index contributed by atoms with van der Waals surface area (Å²) in [6, 6.07) is 16.9. The van der Waals surface area contributed by atoms with E-state index in [1.54, 1.807) is 24.3 Å². The number of piperazine rings is 1. The number of benzene rings is 2. The molecule has 2 amide bonds. The molecule has 32 heavy (non-hydrogen) atoms. The van der Waals surface area contributed by atoms with Gasteiger partial charge in [0, 0.05) is 31.9 Å². The van der Waals surface area contributed by atoms with Crippen molar-refractivity contribution in [2.75, 3.05) is 31.1 Å². The van der Waals surface area contributed by atoms with Gasteiger partial charge in [0.25, 0.3) is 0 Å². The third-order valence-electron chi connectivity index (χ3n) is 4.83. The maximum absolute atomic E-state index is 12.5. The Hall–Kier alpha value is -3.78. The van der Waals surface area contributed by atoms with E-state index in [2.05, 4.69) is 11.4 Å². The zero-order valence-corrected chi connectivity index (χ0v) is 16.7. The summed E-state index contributed by atoms with van der Waals surface area (Å²) in [6.07, 6.45) is -5.08. The van der Waals surface area contributed by atoms with E-state index in [4.69, 9.17) is 19.9 Å². The summed E-state index contributed by atoms with van der Waals surface area (Å²) in [5.74, 6) is -1.39. The lowest BCUT2D eigenvalue weighted by Crippen LogP contribution is -2.49. The molecule has 0 radical (unpaired) electrons. The average molecular weight is 448 g/mol. The third-order valence-corrected chi connectivity index (χ3v) is 4.83. The lowest BCUT2D eigenvalue weighted by Gasteiger charge is -2.28. The molecule has 8 nitrogen and oxygen atoms in total. The van der Waals surface area contributed by atoms with E-state index in [0.717, 1.165) is 25.3 Å². The summed E-state index contributed by atoms with van der Waals surface area (Å²) < 4.78 is 37.5. The smallest absolute Gasteiger partial charge is 0.475 e. The number of rotatable bonds is 3. The maximum Gasteiger partial charge on any atom is 0.490 e. The highest BCUT2D eigenvalue weighted by Gasteiger charge is 2.39. The van der Waals surface area contributed by atoms with Crippen molar-refractivity contribution in [1.29, 1.82) is 5.26 Å². The Morgan fingerprint density at radius 3 is 2.19 bits per heavy atom. The Kier molecular flexibility index (Phi) is 6.85. The van der Waals surface area contributed by atoms with E-state index in [-0.39, 0.29) is 12.1 Å². The number of carbonyl (C=O) groups excluding carboxylic acids is 1. The third kappa shape index (κ3) is 5.47. The van der Waals surface area contributed by atoms with Crippen molar-refractivity contribution in [3.05, 3.63) is 54.1 Å². The molecule has 0 aromatic heterocycles. The number of nitrogens with one attached hydrogen (secondary N) is 1. The first kappa shape index (κ1) is 22.9. The first-order chi connectivity index (χ1) is 15.2. The van der Waals surface area contributed by atoms with Crippen LogP contribution in [0.5, 0.6) is 11.5 Å². The fourth-order valence-corrected chi connectivity index (χ4v) is 3.26. The second-order valence-corrected chi connectivity index (χ2v) is 6.98. The Morgan fingerprint density at radius 1 is 1.12 bits per heavy atom. The molecule has 2 aliphatic rings. The molecule has 0 unspecified atom stereocenters. The van der Waals surface area contributed by atoms with E-state index in [9.17, 15) is 18.0 Å². The zero-order chi connectivity index (χ0) is 23.3. The van der Waals surface area contributed by atoms with E-state index in [1.165, 1.54) is 0 Å². The maximum atomic E-state index is 12.5. The minimum atomic E-state index is -5.08. The van der Waals surface area contributed by atoms with Crippen molar-refractivity contribution >= 4 is 17.7 Å². The Morgan fingerprint density at radius 2 is 1.69 bits per heavy atom. The van der Waals surface area contributed by atoms with Crippen LogP contribution in [0.4, 0.5) is 23.7 Å².